The number of hydrogen-bond donors (Lipinski definition) is 1. The summed E-state index contributed by atoms with van der Waals surface area (Å²) in [6.07, 6.45) is 35.1. The molecular weight excluding hydrogens is 500 g/mol. The van der Waals surface area contributed by atoms with Crippen molar-refractivity contribution in [2.75, 3.05) is 13.2 Å². The van der Waals surface area contributed by atoms with Crippen LogP contribution in [0.15, 0.2) is 24.3 Å². The third-order valence-electron chi connectivity index (χ3n) is 7.22. The lowest BCUT2D eigenvalue weighted by Gasteiger charge is -2.15. The van der Waals surface area contributed by atoms with Crippen molar-refractivity contribution in [3.8, 4) is 0 Å². The molecule has 5 nitrogen and oxygen atoms in total. The summed E-state index contributed by atoms with van der Waals surface area (Å²) in [6.45, 7) is 4.08. The van der Waals surface area contributed by atoms with E-state index in [2.05, 4.69) is 38.2 Å². The maximum absolute atomic E-state index is 12.1. The number of ether oxygens (including phenoxy) is 2. The van der Waals surface area contributed by atoms with Crippen molar-refractivity contribution in [2.45, 2.75) is 174 Å². The van der Waals surface area contributed by atoms with E-state index < -0.39 is 6.10 Å². The van der Waals surface area contributed by atoms with Gasteiger partial charge in [0, 0.05) is 12.8 Å². The third-order valence-corrected chi connectivity index (χ3v) is 7.22. The van der Waals surface area contributed by atoms with Gasteiger partial charge >= 0.3 is 11.9 Å². The van der Waals surface area contributed by atoms with Crippen molar-refractivity contribution < 1.29 is 24.2 Å². The Bertz CT molecular complexity index is 613. The topological polar surface area (TPSA) is 72.8 Å². The third kappa shape index (κ3) is 29.4. The van der Waals surface area contributed by atoms with Crippen molar-refractivity contribution >= 4 is 11.9 Å². The van der Waals surface area contributed by atoms with Gasteiger partial charge < -0.3 is 14.6 Å². The maximum Gasteiger partial charge on any atom is 0.306 e. The van der Waals surface area contributed by atoms with Crippen molar-refractivity contribution in [3.63, 3.8) is 0 Å². The van der Waals surface area contributed by atoms with Crippen LogP contribution in [0.25, 0.3) is 0 Å². The van der Waals surface area contributed by atoms with Crippen molar-refractivity contribution in [1.82, 2.24) is 0 Å². The van der Waals surface area contributed by atoms with Gasteiger partial charge in [0.1, 0.15) is 6.61 Å². The highest BCUT2D eigenvalue weighted by atomic mass is 16.6. The van der Waals surface area contributed by atoms with Crippen LogP contribution in [0.5, 0.6) is 0 Å². The first-order chi connectivity index (χ1) is 19.6. The lowest BCUT2D eigenvalue weighted by atomic mass is 10.1. The van der Waals surface area contributed by atoms with Crippen molar-refractivity contribution in [2.24, 2.45) is 0 Å². The van der Waals surface area contributed by atoms with E-state index in [0.29, 0.717) is 12.8 Å². The van der Waals surface area contributed by atoms with Crippen LogP contribution >= 0.6 is 0 Å². The maximum atomic E-state index is 12.1. The predicted molar refractivity (Wildman–Crippen MR) is 168 cm³/mol. The van der Waals surface area contributed by atoms with Gasteiger partial charge in [-0.1, -0.05) is 115 Å². The summed E-state index contributed by atoms with van der Waals surface area (Å²) in [5.41, 5.74) is 0. The average Bonchev–Trinajstić information content (AvgIpc) is 2.96. The van der Waals surface area contributed by atoms with Crippen LogP contribution in [0.3, 0.4) is 0 Å². The number of allylic oxidation sites excluding steroid dienone is 4. The molecule has 1 atom stereocenters. The molecule has 1 N–H and O–H groups in total. The minimum atomic E-state index is -0.773. The van der Waals surface area contributed by atoms with E-state index >= 15 is 0 Å². The first kappa shape index (κ1) is 38.4. The van der Waals surface area contributed by atoms with Gasteiger partial charge in [-0.3, -0.25) is 9.59 Å². The van der Waals surface area contributed by atoms with Crippen LogP contribution in [0, 0.1) is 0 Å². The van der Waals surface area contributed by atoms with E-state index in [4.69, 9.17) is 9.47 Å². The molecule has 0 saturated carbocycles. The van der Waals surface area contributed by atoms with E-state index in [1.54, 1.807) is 0 Å². The summed E-state index contributed by atoms with van der Waals surface area (Å²) in [5, 5.41) is 9.49. The molecule has 0 aliphatic rings. The SMILES string of the molecule is CCCCCC/C=C/CCCCCCCC(=O)OCC(CO)OC(=O)CCCCCCC/C=C/CCCCCC. The first-order valence-electron chi connectivity index (χ1n) is 16.9. The molecule has 0 amide bonds. The summed E-state index contributed by atoms with van der Waals surface area (Å²) in [6, 6.07) is 0. The van der Waals surface area contributed by atoms with Gasteiger partial charge in [0.05, 0.1) is 6.61 Å². The first-order valence-corrected chi connectivity index (χ1v) is 16.9. The van der Waals surface area contributed by atoms with Gasteiger partial charge in [-0.05, 0) is 64.2 Å². The van der Waals surface area contributed by atoms with Crippen molar-refractivity contribution in [3.05, 3.63) is 24.3 Å². The molecule has 0 aliphatic heterocycles. The Balaban J connectivity index is 3.61. The summed E-state index contributed by atoms with van der Waals surface area (Å²) in [4.78, 5) is 24.1. The summed E-state index contributed by atoms with van der Waals surface area (Å²) in [5.74, 6) is -0.612. The fourth-order valence-corrected chi connectivity index (χ4v) is 4.60. The Morgan fingerprint density at radius 2 is 0.925 bits per heavy atom. The van der Waals surface area contributed by atoms with Gasteiger partial charge in [-0.2, -0.15) is 0 Å². The molecule has 0 heterocycles. The number of carbonyl (C=O) groups excluding carboxylic acids is 2. The standard InChI is InChI=1S/C35H64O5/c1-3-5-7-9-11-13-15-17-19-21-23-25-27-29-34(37)39-32-33(31-36)40-35(38)30-28-26-24-22-20-18-16-14-12-10-8-6-4-2/h13-16,33,36H,3-12,17-32H2,1-2H3/b15-13+,16-14+. The van der Waals surface area contributed by atoms with E-state index in [-0.39, 0.29) is 25.2 Å². The van der Waals surface area contributed by atoms with Crippen molar-refractivity contribution in [1.29, 1.82) is 0 Å². The molecule has 1 unspecified atom stereocenters. The highest BCUT2D eigenvalue weighted by Crippen LogP contribution is 2.12. The number of esters is 2. The Kier molecular flexibility index (Phi) is 30.6. The van der Waals surface area contributed by atoms with Crippen LogP contribution in [-0.2, 0) is 19.1 Å². The van der Waals surface area contributed by atoms with E-state index in [9.17, 15) is 14.7 Å². The minimum Gasteiger partial charge on any atom is -0.462 e. The lowest BCUT2D eigenvalue weighted by molar-refractivity contribution is -0.161. The van der Waals surface area contributed by atoms with Crippen LogP contribution < -0.4 is 0 Å². The van der Waals surface area contributed by atoms with Crippen LogP contribution in [0.2, 0.25) is 0 Å². The molecule has 0 radical (unpaired) electrons. The molecule has 0 aromatic rings. The minimum absolute atomic E-state index is 0.0715. The zero-order chi connectivity index (χ0) is 29.4. The highest BCUT2D eigenvalue weighted by molar-refractivity contribution is 5.70. The molecule has 0 fully saturated rings. The summed E-state index contributed by atoms with van der Waals surface area (Å²) >= 11 is 0. The van der Waals surface area contributed by atoms with Gasteiger partial charge in [0.25, 0.3) is 0 Å². The molecular formula is C35H64O5. The van der Waals surface area contributed by atoms with Crippen LogP contribution in [0.4, 0.5) is 0 Å². The molecule has 0 aliphatic carbocycles. The molecule has 40 heavy (non-hydrogen) atoms. The number of hydrogen-bond acceptors (Lipinski definition) is 5. The number of aliphatic hydroxyl groups excluding tert-OH is 1. The Morgan fingerprint density at radius 1 is 0.550 bits per heavy atom. The van der Waals surface area contributed by atoms with E-state index in [1.807, 2.05) is 0 Å². The highest BCUT2D eigenvalue weighted by Gasteiger charge is 2.16. The number of unbranched alkanes of at least 4 members (excludes halogenated alkanes) is 18. The second kappa shape index (κ2) is 31.9. The van der Waals surface area contributed by atoms with Gasteiger partial charge in [0.15, 0.2) is 6.10 Å². The van der Waals surface area contributed by atoms with Gasteiger partial charge in [-0.15, -0.1) is 0 Å². The smallest absolute Gasteiger partial charge is 0.306 e. The quantitative estimate of drug-likeness (QED) is 0.0534. The normalized spacial score (nSPS) is 12.4. The largest absolute Gasteiger partial charge is 0.462 e. The molecule has 5 heteroatoms. The monoisotopic (exact) mass is 564 g/mol. The second-order valence-electron chi connectivity index (χ2n) is 11.2. The van der Waals surface area contributed by atoms with Gasteiger partial charge in [-0.25, -0.2) is 0 Å². The van der Waals surface area contributed by atoms with Gasteiger partial charge in [0.2, 0.25) is 0 Å². The number of rotatable bonds is 30. The Labute approximate surface area is 247 Å². The van der Waals surface area contributed by atoms with E-state index in [0.717, 1.165) is 51.4 Å². The molecule has 0 aromatic heterocycles. The second-order valence-corrected chi connectivity index (χ2v) is 11.2. The number of aliphatic hydroxyl groups is 1. The van der Waals surface area contributed by atoms with E-state index in [1.165, 1.54) is 89.9 Å². The zero-order valence-corrected chi connectivity index (χ0v) is 26.4. The molecule has 0 spiro atoms. The molecule has 234 valence electrons. The average molecular weight is 565 g/mol. The zero-order valence-electron chi connectivity index (χ0n) is 26.4. The van der Waals surface area contributed by atoms with Crippen LogP contribution in [-0.4, -0.2) is 36.4 Å². The predicted octanol–water partition coefficient (Wildman–Crippen LogP) is 9.95. The lowest BCUT2D eigenvalue weighted by Crippen LogP contribution is -2.28. The molecule has 0 aromatic carbocycles. The Morgan fingerprint density at radius 3 is 1.35 bits per heavy atom. The fraction of sp³-hybridized carbons (Fsp3) is 0.829. The van der Waals surface area contributed by atoms with Crippen LogP contribution in [0.1, 0.15) is 168 Å². The molecule has 0 saturated heterocycles. The molecule has 0 rings (SSSR count). The molecule has 0 bridgehead atoms. The number of carbonyl (C=O) groups is 2. The summed E-state index contributed by atoms with van der Waals surface area (Å²) in [7, 11) is 0. The Hall–Kier alpha value is -1.62. The summed E-state index contributed by atoms with van der Waals surface area (Å²) < 4.78 is 10.5. The fourth-order valence-electron chi connectivity index (χ4n) is 4.60.